The van der Waals surface area contributed by atoms with Gasteiger partial charge in [-0.05, 0) is 31.2 Å². The van der Waals surface area contributed by atoms with E-state index in [-0.39, 0.29) is 0 Å². The van der Waals surface area contributed by atoms with Crippen molar-refractivity contribution in [1.29, 1.82) is 0 Å². The van der Waals surface area contributed by atoms with E-state index in [1.807, 2.05) is 19.2 Å². The van der Waals surface area contributed by atoms with Crippen LogP contribution in [-0.2, 0) is 0 Å². The van der Waals surface area contributed by atoms with Crippen molar-refractivity contribution in [2.45, 2.75) is 45.1 Å². The van der Waals surface area contributed by atoms with Gasteiger partial charge in [0, 0.05) is 6.04 Å². The highest BCUT2D eigenvalue weighted by atomic mass is 35.5. The first-order valence-corrected chi connectivity index (χ1v) is 7.11. The van der Waals surface area contributed by atoms with Crippen molar-refractivity contribution < 1.29 is 4.74 Å². The SMILES string of the molecule is CCCCCCC(NC)c1ccc(OC)c(Cl)c1. The van der Waals surface area contributed by atoms with Crippen LogP contribution in [0.25, 0.3) is 0 Å². The van der Waals surface area contributed by atoms with Gasteiger partial charge in [-0.3, -0.25) is 0 Å². The summed E-state index contributed by atoms with van der Waals surface area (Å²) in [4.78, 5) is 0. The summed E-state index contributed by atoms with van der Waals surface area (Å²) >= 11 is 6.16. The molecule has 0 aliphatic heterocycles. The lowest BCUT2D eigenvalue weighted by molar-refractivity contribution is 0.414. The minimum atomic E-state index is 0.380. The van der Waals surface area contributed by atoms with Gasteiger partial charge in [-0.15, -0.1) is 0 Å². The molecule has 0 saturated heterocycles. The molecule has 1 aromatic rings. The maximum absolute atomic E-state index is 6.16. The monoisotopic (exact) mass is 269 g/mol. The molecule has 0 aliphatic rings. The number of hydrogen-bond acceptors (Lipinski definition) is 2. The van der Waals surface area contributed by atoms with Crippen molar-refractivity contribution in [2.24, 2.45) is 0 Å². The fourth-order valence-corrected chi connectivity index (χ4v) is 2.42. The lowest BCUT2D eigenvalue weighted by atomic mass is 10.00. The Morgan fingerprint density at radius 3 is 2.61 bits per heavy atom. The molecule has 1 rings (SSSR count). The van der Waals surface area contributed by atoms with Crippen LogP contribution in [0.3, 0.4) is 0 Å². The number of benzene rings is 1. The first-order valence-electron chi connectivity index (χ1n) is 6.73. The zero-order chi connectivity index (χ0) is 13.4. The summed E-state index contributed by atoms with van der Waals surface area (Å²) in [6.07, 6.45) is 6.30. The minimum Gasteiger partial charge on any atom is -0.495 e. The predicted molar refractivity (Wildman–Crippen MR) is 78.6 cm³/mol. The zero-order valence-corrected chi connectivity index (χ0v) is 12.4. The Morgan fingerprint density at radius 2 is 2.06 bits per heavy atom. The van der Waals surface area contributed by atoms with Gasteiger partial charge in [-0.1, -0.05) is 50.3 Å². The number of nitrogens with one attached hydrogen (secondary N) is 1. The second-order valence-electron chi connectivity index (χ2n) is 4.58. The van der Waals surface area contributed by atoms with E-state index in [9.17, 15) is 0 Å². The molecule has 1 unspecified atom stereocenters. The summed E-state index contributed by atoms with van der Waals surface area (Å²) in [6.45, 7) is 2.23. The summed E-state index contributed by atoms with van der Waals surface area (Å²) in [5.74, 6) is 0.737. The largest absolute Gasteiger partial charge is 0.495 e. The van der Waals surface area contributed by atoms with E-state index in [2.05, 4.69) is 18.3 Å². The van der Waals surface area contributed by atoms with Gasteiger partial charge in [0.2, 0.25) is 0 Å². The normalized spacial score (nSPS) is 12.4. The van der Waals surface area contributed by atoms with Crippen molar-refractivity contribution in [2.75, 3.05) is 14.2 Å². The molecule has 18 heavy (non-hydrogen) atoms. The lowest BCUT2D eigenvalue weighted by Gasteiger charge is -2.17. The van der Waals surface area contributed by atoms with Crippen molar-refractivity contribution in [3.63, 3.8) is 0 Å². The van der Waals surface area contributed by atoms with Gasteiger partial charge < -0.3 is 10.1 Å². The van der Waals surface area contributed by atoms with Crippen LogP contribution in [0.15, 0.2) is 18.2 Å². The zero-order valence-electron chi connectivity index (χ0n) is 11.6. The van der Waals surface area contributed by atoms with Crippen LogP contribution in [0, 0.1) is 0 Å². The van der Waals surface area contributed by atoms with Crippen molar-refractivity contribution >= 4 is 11.6 Å². The number of unbranched alkanes of at least 4 members (excludes halogenated alkanes) is 3. The van der Waals surface area contributed by atoms with E-state index in [0.717, 1.165) is 12.2 Å². The summed E-state index contributed by atoms with van der Waals surface area (Å²) < 4.78 is 5.17. The molecular formula is C15H24ClNO. The van der Waals surface area contributed by atoms with Crippen LogP contribution in [0.2, 0.25) is 5.02 Å². The molecule has 0 amide bonds. The molecule has 3 heteroatoms. The van der Waals surface area contributed by atoms with E-state index in [0.29, 0.717) is 11.1 Å². The average Bonchev–Trinajstić information content (AvgIpc) is 2.39. The average molecular weight is 270 g/mol. The van der Waals surface area contributed by atoms with Gasteiger partial charge in [0.1, 0.15) is 5.75 Å². The minimum absolute atomic E-state index is 0.380. The maximum atomic E-state index is 6.16. The van der Waals surface area contributed by atoms with Crippen LogP contribution >= 0.6 is 11.6 Å². The predicted octanol–water partition coefficient (Wildman–Crippen LogP) is 4.58. The molecule has 0 bridgehead atoms. The topological polar surface area (TPSA) is 21.3 Å². The highest BCUT2D eigenvalue weighted by Crippen LogP contribution is 2.29. The molecule has 102 valence electrons. The molecule has 2 nitrogen and oxygen atoms in total. The highest BCUT2D eigenvalue weighted by molar-refractivity contribution is 6.32. The lowest BCUT2D eigenvalue weighted by Crippen LogP contribution is -2.16. The van der Waals surface area contributed by atoms with Crippen LogP contribution in [0.5, 0.6) is 5.75 Å². The standard InChI is InChI=1S/C15H24ClNO/c1-4-5-6-7-8-14(17-2)12-9-10-15(18-3)13(16)11-12/h9-11,14,17H,4-8H2,1-3H3. The Kier molecular flexibility index (Phi) is 7.14. The number of ether oxygens (including phenoxy) is 1. The van der Waals surface area contributed by atoms with Gasteiger partial charge >= 0.3 is 0 Å². The van der Waals surface area contributed by atoms with E-state index in [1.165, 1.54) is 31.2 Å². The molecule has 1 atom stereocenters. The Balaban J connectivity index is 2.61. The maximum Gasteiger partial charge on any atom is 0.137 e. The van der Waals surface area contributed by atoms with Crippen LogP contribution < -0.4 is 10.1 Å². The van der Waals surface area contributed by atoms with E-state index in [4.69, 9.17) is 16.3 Å². The number of hydrogen-bond donors (Lipinski definition) is 1. The molecule has 0 fully saturated rings. The summed E-state index contributed by atoms with van der Waals surface area (Å²) in [5.41, 5.74) is 1.24. The van der Waals surface area contributed by atoms with Gasteiger partial charge in [-0.25, -0.2) is 0 Å². The number of rotatable bonds is 8. The van der Waals surface area contributed by atoms with Crippen LogP contribution in [-0.4, -0.2) is 14.2 Å². The fourth-order valence-electron chi connectivity index (χ4n) is 2.15. The smallest absolute Gasteiger partial charge is 0.137 e. The Labute approximate surface area is 116 Å². The highest BCUT2D eigenvalue weighted by Gasteiger charge is 2.11. The van der Waals surface area contributed by atoms with E-state index in [1.54, 1.807) is 7.11 Å². The fraction of sp³-hybridized carbons (Fsp3) is 0.600. The Morgan fingerprint density at radius 1 is 1.28 bits per heavy atom. The summed E-state index contributed by atoms with van der Waals surface area (Å²) in [7, 11) is 3.64. The van der Waals surface area contributed by atoms with Crippen molar-refractivity contribution in [3.8, 4) is 5.75 Å². The van der Waals surface area contributed by atoms with Crippen LogP contribution in [0.1, 0.15) is 50.6 Å². The first kappa shape index (κ1) is 15.3. The van der Waals surface area contributed by atoms with Crippen LogP contribution in [0.4, 0.5) is 0 Å². The second kappa shape index (κ2) is 8.39. The van der Waals surface area contributed by atoms with Crippen molar-refractivity contribution in [1.82, 2.24) is 5.32 Å². The number of methoxy groups -OCH3 is 1. The molecule has 0 saturated carbocycles. The molecule has 0 aromatic heterocycles. The molecule has 0 radical (unpaired) electrons. The molecular weight excluding hydrogens is 246 g/mol. The second-order valence-corrected chi connectivity index (χ2v) is 4.99. The third kappa shape index (κ3) is 4.51. The summed E-state index contributed by atoms with van der Waals surface area (Å²) in [5, 5.41) is 4.04. The Bertz CT molecular complexity index is 354. The first-order chi connectivity index (χ1) is 8.72. The molecule has 0 spiro atoms. The van der Waals surface area contributed by atoms with E-state index >= 15 is 0 Å². The number of halogens is 1. The van der Waals surface area contributed by atoms with Gasteiger partial charge in [0.25, 0.3) is 0 Å². The van der Waals surface area contributed by atoms with E-state index < -0.39 is 0 Å². The molecule has 1 N–H and O–H groups in total. The van der Waals surface area contributed by atoms with Gasteiger partial charge in [0.15, 0.2) is 0 Å². The third-order valence-corrected chi connectivity index (χ3v) is 3.57. The quantitative estimate of drug-likeness (QED) is 0.698. The van der Waals surface area contributed by atoms with Gasteiger partial charge in [-0.2, -0.15) is 0 Å². The molecule has 1 aromatic carbocycles. The molecule has 0 heterocycles. The Hall–Kier alpha value is -0.730. The summed E-state index contributed by atoms with van der Waals surface area (Å²) in [6, 6.07) is 6.41. The third-order valence-electron chi connectivity index (χ3n) is 3.27. The van der Waals surface area contributed by atoms with Gasteiger partial charge in [0.05, 0.1) is 12.1 Å². The van der Waals surface area contributed by atoms with Crippen molar-refractivity contribution in [3.05, 3.63) is 28.8 Å². The molecule has 0 aliphatic carbocycles.